The van der Waals surface area contributed by atoms with Crippen molar-refractivity contribution in [3.05, 3.63) is 35.9 Å². The fraction of sp³-hybridized carbons (Fsp3) is 0.471. The summed E-state index contributed by atoms with van der Waals surface area (Å²) in [5.41, 5.74) is 0.909. The van der Waals surface area contributed by atoms with Crippen molar-refractivity contribution in [1.29, 1.82) is 0 Å². The van der Waals surface area contributed by atoms with Gasteiger partial charge in [0.1, 0.15) is 5.75 Å². The fourth-order valence-electron chi connectivity index (χ4n) is 2.55. The van der Waals surface area contributed by atoms with Gasteiger partial charge in [-0.3, -0.25) is 4.79 Å². The zero-order chi connectivity index (χ0) is 14.9. The van der Waals surface area contributed by atoms with Crippen LogP contribution in [0.15, 0.2) is 30.3 Å². The standard InChI is InChI=1S/C17H24N2O2/c1-21-16-8-3-2-7-15(16)9-10-17(20)18-11-6-14-19-12-4-5-13-19/h2-3,7-10H,4-6,11-14H2,1H3,(H,18,20). The number of hydrogen-bond donors (Lipinski definition) is 1. The topological polar surface area (TPSA) is 41.6 Å². The van der Waals surface area contributed by atoms with Gasteiger partial charge in [-0.05, 0) is 51.0 Å². The van der Waals surface area contributed by atoms with Crippen molar-refractivity contribution in [1.82, 2.24) is 10.2 Å². The van der Waals surface area contributed by atoms with Gasteiger partial charge in [-0.15, -0.1) is 0 Å². The highest BCUT2D eigenvalue weighted by atomic mass is 16.5. The van der Waals surface area contributed by atoms with E-state index in [2.05, 4.69) is 10.2 Å². The number of benzene rings is 1. The first-order chi connectivity index (χ1) is 10.3. The van der Waals surface area contributed by atoms with Crippen LogP contribution in [0.2, 0.25) is 0 Å². The first kappa shape index (κ1) is 15.6. The molecule has 1 N–H and O–H groups in total. The van der Waals surface area contributed by atoms with Crippen LogP contribution in [0.1, 0.15) is 24.8 Å². The van der Waals surface area contributed by atoms with Crippen molar-refractivity contribution in [3.63, 3.8) is 0 Å². The third kappa shape index (κ3) is 5.23. The lowest BCUT2D eigenvalue weighted by Gasteiger charge is -2.13. The summed E-state index contributed by atoms with van der Waals surface area (Å²) in [4.78, 5) is 14.2. The first-order valence-electron chi connectivity index (χ1n) is 7.61. The fourth-order valence-corrected chi connectivity index (χ4v) is 2.55. The molecule has 1 aromatic carbocycles. The number of hydrogen-bond acceptors (Lipinski definition) is 3. The Balaban J connectivity index is 1.69. The van der Waals surface area contributed by atoms with Crippen LogP contribution in [-0.4, -0.2) is 44.1 Å². The lowest BCUT2D eigenvalue weighted by molar-refractivity contribution is -0.116. The van der Waals surface area contributed by atoms with Gasteiger partial charge in [0.15, 0.2) is 0 Å². The highest BCUT2D eigenvalue weighted by molar-refractivity contribution is 5.92. The number of likely N-dealkylation sites (tertiary alicyclic amines) is 1. The summed E-state index contributed by atoms with van der Waals surface area (Å²) in [6.07, 6.45) is 6.98. The van der Waals surface area contributed by atoms with Crippen molar-refractivity contribution < 1.29 is 9.53 Å². The lowest BCUT2D eigenvalue weighted by Crippen LogP contribution is -2.27. The largest absolute Gasteiger partial charge is 0.496 e. The molecule has 4 nitrogen and oxygen atoms in total. The molecule has 1 amide bonds. The normalized spacial score (nSPS) is 15.5. The van der Waals surface area contributed by atoms with Crippen LogP contribution in [-0.2, 0) is 4.79 Å². The Morgan fingerprint density at radius 3 is 2.86 bits per heavy atom. The molecule has 21 heavy (non-hydrogen) atoms. The van der Waals surface area contributed by atoms with Crippen LogP contribution in [0.25, 0.3) is 6.08 Å². The van der Waals surface area contributed by atoms with Crippen LogP contribution in [0.4, 0.5) is 0 Å². The minimum atomic E-state index is -0.0534. The van der Waals surface area contributed by atoms with E-state index in [0.717, 1.165) is 30.8 Å². The molecule has 4 heteroatoms. The van der Waals surface area contributed by atoms with E-state index >= 15 is 0 Å². The molecule has 2 rings (SSSR count). The van der Waals surface area contributed by atoms with Gasteiger partial charge in [-0.25, -0.2) is 0 Å². The Bertz CT molecular complexity index is 479. The third-order valence-corrected chi connectivity index (χ3v) is 3.70. The predicted octanol–water partition coefficient (Wildman–Crippen LogP) is 2.31. The molecule has 0 aromatic heterocycles. The van der Waals surface area contributed by atoms with E-state index in [4.69, 9.17) is 4.74 Å². The molecule has 0 atom stereocenters. The summed E-state index contributed by atoms with van der Waals surface area (Å²) in [7, 11) is 1.63. The van der Waals surface area contributed by atoms with E-state index < -0.39 is 0 Å². The molecular formula is C17H24N2O2. The highest BCUT2D eigenvalue weighted by Gasteiger charge is 2.10. The molecule has 1 aliphatic rings. The summed E-state index contributed by atoms with van der Waals surface area (Å²) in [5.74, 6) is 0.720. The molecule has 1 saturated heterocycles. The van der Waals surface area contributed by atoms with Crippen molar-refractivity contribution in [3.8, 4) is 5.75 Å². The van der Waals surface area contributed by atoms with Crippen LogP contribution >= 0.6 is 0 Å². The number of carbonyl (C=O) groups is 1. The molecule has 114 valence electrons. The lowest BCUT2D eigenvalue weighted by atomic mass is 10.2. The molecule has 0 saturated carbocycles. The van der Waals surface area contributed by atoms with E-state index in [-0.39, 0.29) is 5.91 Å². The molecule has 1 aromatic rings. The van der Waals surface area contributed by atoms with Crippen LogP contribution in [0.3, 0.4) is 0 Å². The average molecular weight is 288 g/mol. The van der Waals surface area contributed by atoms with E-state index in [0.29, 0.717) is 0 Å². The Hall–Kier alpha value is -1.81. The Kier molecular flexibility index (Phi) is 6.28. The quantitative estimate of drug-likeness (QED) is 0.618. The summed E-state index contributed by atoms with van der Waals surface area (Å²) in [5, 5.41) is 2.92. The molecule has 0 spiro atoms. The smallest absolute Gasteiger partial charge is 0.244 e. The Morgan fingerprint density at radius 1 is 1.33 bits per heavy atom. The molecular weight excluding hydrogens is 264 g/mol. The van der Waals surface area contributed by atoms with Gasteiger partial charge in [0.25, 0.3) is 0 Å². The number of nitrogens with one attached hydrogen (secondary N) is 1. The molecule has 0 radical (unpaired) electrons. The van der Waals surface area contributed by atoms with Gasteiger partial charge in [0.2, 0.25) is 5.91 Å². The second-order valence-corrected chi connectivity index (χ2v) is 5.27. The van der Waals surface area contributed by atoms with Gasteiger partial charge in [-0.2, -0.15) is 0 Å². The number of methoxy groups -OCH3 is 1. The molecule has 0 bridgehead atoms. The third-order valence-electron chi connectivity index (χ3n) is 3.70. The van der Waals surface area contributed by atoms with Crippen molar-refractivity contribution in [2.45, 2.75) is 19.3 Å². The van der Waals surface area contributed by atoms with Gasteiger partial charge in [0, 0.05) is 18.2 Å². The minimum absolute atomic E-state index is 0.0534. The number of ether oxygens (including phenoxy) is 1. The Labute approximate surface area is 126 Å². The van der Waals surface area contributed by atoms with Gasteiger partial charge >= 0.3 is 0 Å². The number of rotatable bonds is 7. The van der Waals surface area contributed by atoms with Gasteiger partial charge in [-0.1, -0.05) is 18.2 Å². The second-order valence-electron chi connectivity index (χ2n) is 5.27. The van der Waals surface area contributed by atoms with E-state index in [9.17, 15) is 4.79 Å². The molecule has 1 fully saturated rings. The molecule has 0 aliphatic carbocycles. The molecule has 1 aliphatic heterocycles. The summed E-state index contributed by atoms with van der Waals surface area (Å²) >= 11 is 0. The number of amides is 1. The summed E-state index contributed by atoms with van der Waals surface area (Å²) in [6, 6.07) is 7.65. The number of nitrogens with zero attached hydrogens (tertiary/aromatic N) is 1. The average Bonchev–Trinajstić information content (AvgIpc) is 3.03. The van der Waals surface area contributed by atoms with E-state index in [1.54, 1.807) is 19.3 Å². The van der Waals surface area contributed by atoms with Crippen molar-refractivity contribution in [2.75, 3.05) is 33.3 Å². The monoisotopic (exact) mass is 288 g/mol. The maximum absolute atomic E-state index is 11.8. The van der Waals surface area contributed by atoms with Crippen LogP contribution < -0.4 is 10.1 Å². The second kappa shape index (κ2) is 8.47. The van der Waals surface area contributed by atoms with Crippen molar-refractivity contribution in [2.24, 2.45) is 0 Å². The maximum Gasteiger partial charge on any atom is 0.244 e. The predicted molar refractivity (Wildman–Crippen MR) is 85.3 cm³/mol. The van der Waals surface area contributed by atoms with Crippen LogP contribution in [0, 0.1) is 0 Å². The zero-order valence-electron chi connectivity index (χ0n) is 12.7. The van der Waals surface area contributed by atoms with Crippen LogP contribution in [0.5, 0.6) is 5.75 Å². The maximum atomic E-state index is 11.8. The highest BCUT2D eigenvalue weighted by Crippen LogP contribution is 2.18. The molecule has 1 heterocycles. The minimum Gasteiger partial charge on any atom is -0.496 e. The van der Waals surface area contributed by atoms with E-state index in [1.165, 1.54) is 25.9 Å². The zero-order valence-corrected chi connectivity index (χ0v) is 12.7. The van der Waals surface area contributed by atoms with E-state index in [1.807, 2.05) is 24.3 Å². The number of para-hydroxylation sites is 1. The first-order valence-corrected chi connectivity index (χ1v) is 7.61. The van der Waals surface area contributed by atoms with Gasteiger partial charge < -0.3 is 15.0 Å². The number of carbonyl (C=O) groups excluding carboxylic acids is 1. The summed E-state index contributed by atoms with van der Waals surface area (Å²) in [6.45, 7) is 4.23. The Morgan fingerprint density at radius 2 is 2.10 bits per heavy atom. The SMILES string of the molecule is COc1ccccc1C=CC(=O)NCCCN1CCCC1. The summed E-state index contributed by atoms with van der Waals surface area (Å²) < 4.78 is 5.24. The molecule has 0 unspecified atom stereocenters. The van der Waals surface area contributed by atoms with Gasteiger partial charge in [0.05, 0.1) is 7.11 Å². The van der Waals surface area contributed by atoms with Crippen molar-refractivity contribution >= 4 is 12.0 Å².